The van der Waals surface area contributed by atoms with E-state index in [0.29, 0.717) is 10.0 Å². The van der Waals surface area contributed by atoms with Crippen molar-refractivity contribution < 1.29 is 0 Å². The van der Waals surface area contributed by atoms with Crippen LogP contribution in [0.25, 0.3) is 0 Å². The van der Waals surface area contributed by atoms with Crippen LogP contribution in [-0.2, 0) is 0 Å². The van der Waals surface area contributed by atoms with Crippen LogP contribution >= 0.6 is 35.0 Å². The van der Waals surface area contributed by atoms with Gasteiger partial charge in [0.2, 0.25) is 0 Å². The zero-order chi connectivity index (χ0) is 8.43. The van der Waals surface area contributed by atoms with Gasteiger partial charge in [0.1, 0.15) is 0 Å². The van der Waals surface area contributed by atoms with Gasteiger partial charge >= 0.3 is 0 Å². The number of thioether (sulfide) groups is 1. The van der Waals surface area contributed by atoms with Crippen LogP contribution in [0.15, 0.2) is 17.0 Å². The summed E-state index contributed by atoms with van der Waals surface area (Å²) in [5.74, 6) is 0. The smallest absolute Gasteiger partial charge is 0.0730 e. The topological polar surface area (TPSA) is 0 Å². The van der Waals surface area contributed by atoms with Gasteiger partial charge in [0, 0.05) is 4.90 Å². The van der Waals surface area contributed by atoms with Gasteiger partial charge in [0.05, 0.1) is 10.0 Å². The molecule has 0 heterocycles. The molecule has 0 saturated carbocycles. The minimum Gasteiger partial charge on any atom is -0.128 e. The molecule has 3 heteroatoms. The van der Waals surface area contributed by atoms with Gasteiger partial charge < -0.3 is 0 Å². The Morgan fingerprint density at radius 3 is 2.36 bits per heavy atom. The van der Waals surface area contributed by atoms with Crippen molar-refractivity contribution in [2.75, 3.05) is 6.26 Å². The van der Waals surface area contributed by atoms with Gasteiger partial charge in [-0.15, -0.1) is 11.8 Å². The van der Waals surface area contributed by atoms with E-state index in [0.717, 1.165) is 4.90 Å². The Bertz CT molecular complexity index is 271. The van der Waals surface area contributed by atoms with Gasteiger partial charge in [-0.1, -0.05) is 29.3 Å². The van der Waals surface area contributed by atoms with E-state index < -0.39 is 0 Å². The predicted molar refractivity (Wildman–Crippen MR) is 53.0 cm³/mol. The van der Waals surface area contributed by atoms with Crippen molar-refractivity contribution in [3.63, 3.8) is 0 Å². The first-order valence-corrected chi connectivity index (χ1v) is 5.13. The fourth-order valence-corrected chi connectivity index (χ4v) is 2.22. The quantitative estimate of drug-likeness (QED) is 0.626. The van der Waals surface area contributed by atoms with Gasteiger partial charge in [0.15, 0.2) is 0 Å². The molecule has 0 unspecified atom stereocenters. The number of aryl methyl sites for hydroxylation is 1. The molecule has 0 nitrogen and oxygen atoms in total. The molecule has 60 valence electrons. The number of hydrogen-bond acceptors (Lipinski definition) is 1. The van der Waals surface area contributed by atoms with Crippen LogP contribution in [0.2, 0.25) is 10.0 Å². The second-order valence-corrected chi connectivity index (χ2v) is 3.81. The molecule has 0 atom stereocenters. The molecule has 0 aliphatic rings. The maximum absolute atomic E-state index is 5.95. The van der Waals surface area contributed by atoms with Gasteiger partial charge in [-0.05, 0) is 24.8 Å². The van der Waals surface area contributed by atoms with Crippen molar-refractivity contribution in [2.45, 2.75) is 11.8 Å². The number of halogens is 2. The van der Waals surface area contributed by atoms with Crippen molar-refractivity contribution in [2.24, 2.45) is 0 Å². The maximum atomic E-state index is 5.95. The zero-order valence-corrected chi connectivity index (χ0v) is 8.65. The highest BCUT2D eigenvalue weighted by molar-refractivity contribution is 7.98. The normalized spacial score (nSPS) is 10.2. The highest BCUT2D eigenvalue weighted by Crippen LogP contribution is 2.34. The van der Waals surface area contributed by atoms with E-state index in [4.69, 9.17) is 23.2 Å². The molecule has 1 aromatic rings. The van der Waals surface area contributed by atoms with Crippen LogP contribution in [0.5, 0.6) is 0 Å². The number of rotatable bonds is 1. The summed E-state index contributed by atoms with van der Waals surface area (Å²) in [6.07, 6.45) is 1.99. The molecule has 0 N–H and O–H groups in total. The first-order valence-electron chi connectivity index (χ1n) is 3.15. The summed E-state index contributed by atoms with van der Waals surface area (Å²) in [7, 11) is 0. The Hall–Kier alpha value is 0.150. The number of benzene rings is 1. The Labute approximate surface area is 80.9 Å². The zero-order valence-electron chi connectivity index (χ0n) is 6.32. The molecule has 1 rings (SSSR count). The Morgan fingerprint density at radius 1 is 1.27 bits per heavy atom. The summed E-state index contributed by atoms with van der Waals surface area (Å²) in [6, 6.07) is 3.79. The van der Waals surface area contributed by atoms with Crippen molar-refractivity contribution in [3.05, 3.63) is 27.7 Å². The minimum absolute atomic E-state index is 0.626. The standard InChI is InChI=1S/C8H8Cl2S/c1-5-3-4-6(9)7(10)8(5)11-2/h3-4H,1-2H3. The lowest BCUT2D eigenvalue weighted by Crippen LogP contribution is -1.80. The maximum Gasteiger partial charge on any atom is 0.0730 e. The monoisotopic (exact) mass is 206 g/mol. The fourth-order valence-electron chi connectivity index (χ4n) is 0.879. The molecule has 0 fully saturated rings. The summed E-state index contributed by atoms with van der Waals surface area (Å²) in [4.78, 5) is 1.07. The molecule has 0 aliphatic carbocycles. The van der Waals surface area contributed by atoms with E-state index in [1.807, 2.05) is 25.3 Å². The van der Waals surface area contributed by atoms with Crippen molar-refractivity contribution in [1.82, 2.24) is 0 Å². The van der Waals surface area contributed by atoms with E-state index in [2.05, 4.69) is 0 Å². The van der Waals surface area contributed by atoms with E-state index in [9.17, 15) is 0 Å². The molecule has 0 aliphatic heterocycles. The van der Waals surface area contributed by atoms with Crippen LogP contribution in [0.1, 0.15) is 5.56 Å². The van der Waals surface area contributed by atoms with Gasteiger partial charge in [-0.25, -0.2) is 0 Å². The van der Waals surface area contributed by atoms with Gasteiger partial charge in [-0.2, -0.15) is 0 Å². The molecule has 0 amide bonds. The van der Waals surface area contributed by atoms with Crippen molar-refractivity contribution in [3.8, 4) is 0 Å². The third-order valence-electron chi connectivity index (χ3n) is 1.45. The van der Waals surface area contributed by atoms with E-state index in [1.165, 1.54) is 5.56 Å². The number of hydrogen-bond donors (Lipinski definition) is 0. The average Bonchev–Trinajstić information content (AvgIpc) is 1.99. The lowest BCUT2D eigenvalue weighted by atomic mass is 10.2. The summed E-state index contributed by atoms with van der Waals surface area (Å²) >= 11 is 13.4. The Balaban J connectivity index is 3.29. The summed E-state index contributed by atoms with van der Waals surface area (Å²) in [6.45, 7) is 2.02. The first-order chi connectivity index (χ1) is 5.16. The highest BCUT2D eigenvalue weighted by atomic mass is 35.5. The largest absolute Gasteiger partial charge is 0.128 e. The molecule has 0 aromatic heterocycles. The Morgan fingerprint density at radius 2 is 1.91 bits per heavy atom. The molecule has 0 spiro atoms. The van der Waals surface area contributed by atoms with Crippen LogP contribution in [-0.4, -0.2) is 6.26 Å². The molecule has 1 aromatic carbocycles. The molecular weight excluding hydrogens is 199 g/mol. The second kappa shape index (κ2) is 3.70. The third-order valence-corrected chi connectivity index (χ3v) is 3.30. The summed E-state index contributed by atoms with van der Waals surface area (Å²) in [5.41, 5.74) is 1.17. The van der Waals surface area contributed by atoms with Crippen LogP contribution < -0.4 is 0 Å². The van der Waals surface area contributed by atoms with Crippen LogP contribution in [0, 0.1) is 6.92 Å². The van der Waals surface area contributed by atoms with Gasteiger partial charge in [-0.3, -0.25) is 0 Å². The van der Waals surface area contributed by atoms with E-state index in [-0.39, 0.29) is 0 Å². The Kier molecular flexibility index (Phi) is 3.11. The molecule has 0 saturated heterocycles. The molecule has 0 bridgehead atoms. The minimum atomic E-state index is 0.626. The van der Waals surface area contributed by atoms with E-state index >= 15 is 0 Å². The first kappa shape index (κ1) is 9.24. The van der Waals surface area contributed by atoms with Crippen LogP contribution in [0.3, 0.4) is 0 Å². The molecular formula is C8H8Cl2S. The van der Waals surface area contributed by atoms with Gasteiger partial charge in [0.25, 0.3) is 0 Å². The summed E-state index contributed by atoms with van der Waals surface area (Å²) in [5, 5.41) is 1.29. The molecule has 0 radical (unpaired) electrons. The van der Waals surface area contributed by atoms with Crippen molar-refractivity contribution in [1.29, 1.82) is 0 Å². The summed E-state index contributed by atoms with van der Waals surface area (Å²) < 4.78 is 0. The van der Waals surface area contributed by atoms with Crippen LogP contribution in [0.4, 0.5) is 0 Å². The SMILES string of the molecule is CSc1c(C)ccc(Cl)c1Cl. The molecule has 11 heavy (non-hydrogen) atoms. The predicted octanol–water partition coefficient (Wildman–Crippen LogP) is 4.02. The van der Waals surface area contributed by atoms with E-state index in [1.54, 1.807) is 11.8 Å². The van der Waals surface area contributed by atoms with Crippen molar-refractivity contribution >= 4 is 35.0 Å². The lowest BCUT2D eigenvalue weighted by molar-refractivity contribution is 1.31. The highest BCUT2D eigenvalue weighted by Gasteiger charge is 2.05. The second-order valence-electron chi connectivity index (χ2n) is 2.21. The average molecular weight is 207 g/mol. The third kappa shape index (κ3) is 1.84. The fraction of sp³-hybridized carbons (Fsp3) is 0.250. The lowest BCUT2D eigenvalue weighted by Gasteiger charge is -2.05.